The summed E-state index contributed by atoms with van der Waals surface area (Å²) in [5.41, 5.74) is 18.4. The van der Waals surface area contributed by atoms with E-state index in [4.69, 9.17) is 15.7 Å². The zero-order valence-corrected chi connectivity index (χ0v) is 25.9. The lowest BCUT2D eigenvalue weighted by molar-refractivity contribution is -0.133. The number of nitrogens with zero attached hydrogens (tertiary/aromatic N) is 5. The SMILES string of the molecule is Cc1cc(-c2cnc3[nH]cc(-c4c(C)cc(C(N)=O)c(C)c4C)c3n2)cc2c1CCN(CCC(=O)N1CCN(C)CC1)C2. The van der Waals surface area contributed by atoms with Crippen LogP contribution in [0.5, 0.6) is 0 Å². The van der Waals surface area contributed by atoms with Crippen molar-refractivity contribution in [3.63, 3.8) is 0 Å². The highest BCUT2D eigenvalue weighted by molar-refractivity contribution is 5.99. The van der Waals surface area contributed by atoms with Crippen LogP contribution in [-0.2, 0) is 17.8 Å². The largest absolute Gasteiger partial charge is 0.366 e. The van der Waals surface area contributed by atoms with Crippen molar-refractivity contribution in [1.82, 2.24) is 29.7 Å². The monoisotopic (exact) mass is 579 g/mol. The summed E-state index contributed by atoms with van der Waals surface area (Å²) in [6, 6.07) is 6.34. The summed E-state index contributed by atoms with van der Waals surface area (Å²) in [7, 11) is 2.11. The van der Waals surface area contributed by atoms with Crippen molar-refractivity contribution in [3.05, 3.63) is 69.5 Å². The van der Waals surface area contributed by atoms with Crippen molar-refractivity contribution >= 4 is 23.0 Å². The van der Waals surface area contributed by atoms with Gasteiger partial charge in [0.2, 0.25) is 11.8 Å². The number of benzene rings is 2. The van der Waals surface area contributed by atoms with E-state index in [9.17, 15) is 9.59 Å². The molecule has 0 unspecified atom stereocenters. The number of piperazine rings is 1. The number of aryl methyl sites for hydroxylation is 2. The van der Waals surface area contributed by atoms with Crippen molar-refractivity contribution in [1.29, 1.82) is 0 Å². The Kier molecular flexibility index (Phi) is 7.79. The number of fused-ring (bicyclic) bond motifs is 2. The fourth-order valence-corrected chi connectivity index (χ4v) is 6.76. The Bertz CT molecular complexity index is 1730. The van der Waals surface area contributed by atoms with Gasteiger partial charge >= 0.3 is 0 Å². The molecule has 0 saturated carbocycles. The average Bonchev–Trinajstić information content (AvgIpc) is 3.40. The Morgan fingerprint density at radius 1 is 0.977 bits per heavy atom. The Balaban J connectivity index is 1.26. The molecule has 43 heavy (non-hydrogen) atoms. The molecule has 0 atom stereocenters. The number of carbonyl (C=O) groups is 2. The number of primary amides is 1. The summed E-state index contributed by atoms with van der Waals surface area (Å²) in [5, 5.41) is 0. The maximum absolute atomic E-state index is 12.9. The first-order valence-electron chi connectivity index (χ1n) is 15.2. The summed E-state index contributed by atoms with van der Waals surface area (Å²) in [6.45, 7) is 14.3. The lowest BCUT2D eigenvalue weighted by atomic mass is 9.90. The molecule has 2 aromatic carbocycles. The van der Waals surface area contributed by atoms with Crippen molar-refractivity contribution in [2.24, 2.45) is 5.73 Å². The first-order valence-corrected chi connectivity index (χ1v) is 15.2. The first-order chi connectivity index (χ1) is 20.6. The standard InChI is InChI=1S/C34H41N7O2/c1-20-14-24(16-25-19-40(8-6-26(20)25)9-7-30(42)41-12-10-39(5)11-13-41)29-18-37-34-32(38-29)28(17-36-34)31-21(2)15-27(33(35)43)22(3)23(31)4/h14-18H,6-13,19H2,1-5H3,(H2,35,43)(H,36,37). The van der Waals surface area contributed by atoms with Gasteiger partial charge in [-0.1, -0.05) is 0 Å². The Morgan fingerprint density at radius 3 is 2.49 bits per heavy atom. The van der Waals surface area contributed by atoms with Gasteiger partial charge in [-0.2, -0.15) is 0 Å². The average molecular weight is 580 g/mol. The molecule has 0 aliphatic carbocycles. The second kappa shape index (κ2) is 11.5. The van der Waals surface area contributed by atoms with Crippen LogP contribution in [-0.4, -0.2) is 87.8 Å². The normalized spacial score (nSPS) is 16.1. The Hall–Kier alpha value is -4.08. The van der Waals surface area contributed by atoms with E-state index >= 15 is 0 Å². The summed E-state index contributed by atoms with van der Waals surface area (Å²) < 4.78 is 0. The second-order valence-corrected chi connectivity index (χ2v) is 12.3. The number of amides is 2. The van der Waals surface area contributed by atoms with E-state index in [1.54, 1.807) is 0 Å². The van der Waals surface area contributed by atoms with Gasteiger partial charge in [0.05, 0.1) is 11.9 Å². The number of aromatic amines is 1. The van der Waals surface area contributed by atoms with Crippen LogP contribution < -0.4 is 5.73 Å². The number of carbonyl (C=O) groups excluding carboxylic acids is 2. The Morgan fingerprint density at radius 2 is 1.74 bits per heavy atom. The molecule has 4 aromatic rings. The molecule has 6 rings (SSSR count). The van der Waals surface area contributed by atoms with E-state index in [1.165, 1.54) is 16.7 Å². The molecule has 9 nitrogen and oxygen atoms in total. The number of rotatable bonds is 6. The third-order valence-electron chi connectivity index (χ3n) is 9.44. The van der Waals surface area contributed by atoms with Gasteiger partial charge in [-0.3, -0.25) is 14.5 Å². The molecule has 0 bridgehead atoms. The fraction of sp³-hybridized carbons (Fsp3) is 0.412. The van der Waals surface area contributed by atoms with Gasteiger partial charge in [0.15, 0.2) is 5.65 Å². The lowest BCUT2D eigenvalue weighted by Crippen LogP contribution is -2.47. The summed E-state index contributed by atoms with van der Waals surface area (Å²) in [6.07, 6.45) is 5.33. The van der Waals surface area contributed by atoms with Gasteiger partial charge in [0.1, 0.15) is 5.52 Å². The molecule has 2 aliphatic heterocycles. The van der Waals surface area contributed by atoms with Gasteiger partial charge < -0.3 is 20.5 Å². The molecule has 2 amide bonds. The number of H-pyrrole nitrogens is 1. The number of hydrogen-bond donors (Lipinski definition) is 2. The highest BCUT2D eigenvalue weighted by Gasteiger charge is 2.24. The number of nitrogens with one attached hydrogen (secondary N) is 1. The van der Waals surface area contributed by atoms with Crippen LogP contribution >= 0.6 is 0 Å². The Labute approximate surface area is 253 Å². The maximum Gasteiger partial charge on any atom is 0.248 e. The summed E-state index contributed by atoms with van der Waals surface area (Å²) in [5.74, 6) is -0.154. The predicted molar refractivity (Wildman–Crippen MR) is 170 cm³/mol. The van der Waals surface area contributed by atoms with Crippen LogP contribution in [0.25, 0.3) is 33.5 Å². The highest BCUT2D eigenvalue weighted by Crippen LogP contribution is 2.36. The van der Waals surface area contributed by atoms with E-state index in [1.807, 2.05) is 44.1 Å². The maximum atomic E-state index is 12.9. The van der Waals surface area contributed by atoms with Gasteiger partial charge in [-0.15, -0.1) is 0 Å². The van der Waals surface area contributed by atoms with E-state index in [-0.39, 0.29) is 5.91 Å². The van der Waals surface area contributed by atoms with Crippen LogP contribution in [0.3, 0.4) is 0 Å². The van der Waals surface area contributed by atoms with Gasteiger partial charge in [0, 0.05) is 75.1 Å². The molecule has 1 saturated heterocycles. The molecule has 0 spiro atoms. The van der Waals surface area contributed by atoms with Crippen LogP contribution in [0.4, 0.5) is 0 Å². The van der Waals surface area contributed by atoms with Gasteiger partial charge in [-0.05, 0) is 98.3 Å². The third-order valence-corrected chi connectivity index (χ3v) is 9.44. The quantitative estimate of drug-likeness (QED) is 0.355. The molecule has 2 aliphatic rings. The summed E-state index contributed by atoms with van der Waals surface area (Å²) in [4.78, 5) is 44.7. The molecule has 9 heteroatoms. The van der Waals surface area contributed by atoms with Gasteiger partial charge in [-0.25, -0.2) is 9.97 Å². The van der Waals surface area contributed by atoms with Crippen molar-refractivity contribution in [2.45, 2.75) is 47.1 Å². The summed E-state index contributed by atoms with van der Waals surface area (Å²) >= 11 is 0. The zero-order valence-electron chi connectivity index (χ0n) is 25.9. The molecular weight excluding hydrogens is 538 g/mol. The number of likely N-dealkylation sites (N-methyl/N-ethyl adjacent to an activating group) is 1. The minimum Gasteiger partial charge on any atom is -0.366 e. The number of hydrogen-bond acceptors (Lipinski definition) is 6. The molecule has 2 aromatic heterocycles. The van der Waals surface area contributed by atoms with Crippen molar-refractivity contribution in [2.75, 3.05) is 46.3 Å². The van der Waals surface area contributed by atoms with Gasteiger partial charge in [0.25, 0.3) is 0 Å². The van der Waals surface area contributed by atoms with Crippen molar-refractivity contribution < 1.29 is 9.59 Å². The predicted octanol–water partition coefficient (Wildman–Crippen LogP) is 4.15. The molecular formula is C34H41N7O2. The van der Waals surface area contributed by atoms with E-state index in [0.29, 0.717) is 12.0 Å². The molecule has 224 valence electrons. The topological polar surface area (TPSA) is 111 Å². The third kappa shape index (κ3) is 5.55. The number of nitrogens with two attached hydrogens (primary N) is 1. The smallest absolute Gasteiger partial charge is 0.248 e. The lowest BCUT2D eigenvalue weighted by Gasteiger charge is -2.34. The second-order valence-electron chi connectivity index (χ2n) is 12.3. The minimum atomic E-state index is -0.417. The molecule has 4 heterocycles. The fourth-order valence-electron chi connectivity index (χ4n) is 6.76. The van der Waals surface area contributed by atoms with Crippen LogP contribution in [0.2, 0.25) is 0 Å². The van der Waals surface area contributed by atoms with Crippen LogP contribution in [0, 0.1) is 27.7 Å². The van der Waals surface area contributed by atoms with E-state index < -0.39 is 5.91 Å². The highest BCUT2D eigenvalue weighted by atomic mass is 16.2. The van der Waals surface area contributed by atoms with E-state index in [2.05, 4.69) is 40.9 Å². The molecule has 3 N–H and O–H groups in total. The minimum absolute atomic E-state index is 0.264. The molecule has 0 radical (unpaired) electrons. The number of aromatic nitrogens is 3. The van der Waals surface area contributed by atoms with Crippen LogP contribution in [0.15, 0.2) is 30.6 Å². The van der Waals surface area contributed by atoms with Crippen LogP contribution in [0.1, 0.15) is 50.2 Å². The molecule has 1 fully saturated rings. The zero-order chi connectivity index (χ0) is 30.4. The first kappa shape index (κ1) is 29.0. The van der Waals surface area contributed by atoms with E-state index in [0.717, 1.165) is 102 Å². The van der Waals surface area contributed by atoms with Crippen molar-refractivity contribution in [3.8, 4) is 22.4 Å².